The van der Waals surface area contributed by atoms with E-state index in [0.717, 1.165) is 19.4 Å². The summed E-state index contributed by atoms with van der Waals surface area (Å²) in [6.07, 6.45) is 3.69. The van der Waals surface area contributed by atoms with Crippen LogP contribution in [0, 0.1) is 0 Å². The minimum absolute atomic E-state index is 0.0453. The van der Waals surface area contributed by atoms with Crippen molar-refractivity contribution in [3.8, 4) is 0 Å². The zero-order chi connectivity index (χ0) is 17.5. The molecule has 2 aliphatic heterocycles. The summed E-state index contributed by atoms with van der Waals surface area (Å²) in [5.74, 6) is 1.92. The third kappa shape index (κ3) is 4.30. The molecule has 0 N–H and O–H groups in total. The molecule has 0 bridgehead atoms. The summed E-state index contributed by atoms with van der Waals surface area (Å²) in [5.41, 5.74) is -1.16. The SMILES string of the molecule is CC(C)(C)OC(=O)N1CCC[C@H]1C=CB1OC(C)(C)C(C)(C)O1. The van der Waals surface area contributed by atoms with Gasteiger partial charge in [0.2, 0.25) is 0 Å². The van der Waals surface area contributed by atoms with Crippen LogP contribution in [-0.2, 0) is 14.0 Å². The molecule has 2 fully saturated rings. The molecule has 0 aromatic heterocycles. The van der Waals surface area contributed by atoms with Gasteiger partial charge < -0.3 is 18.9 Å². The van der Waals surface area contributed by atoms with Crippen LogP contribution >= 0.6 is 0 Å². The van der Waals surface area contributed by atoms with Crippen molar-refractivity contribution in [2.45, 2.75) is 84.2 Å². The minimum Gasteiger partial charge on any atom is -0.444 e. The highest BCUT2D eigenvalue weighted by Crippen LogP contribution is 2.37. The Kier molecular flexibility index (Phi) is 4.89. The fourth-order valence-corrected chi connectivity index (χ4v) is 2.73. The van der Waals surface area contributed by atoms with E-state index in [0.29, 0.717) is 0 Å². The second-order valence-electron chi connectivity index (χ2n) is 8.39. The summed E-state index contributed by atoms with van der Waals surface area (Å²) in [6.45, 7) is 14.5. The largest absolute Gasteiger partial charge is 0.486 e. The third-order valence-corrected chi connectivity index (χ3v) is 4.69. The number of hydrogen-bond donors (Lipinski definition) is 0. The maximum absolute atomic E-state index is 12.3. The molecule has 0 saturated carbocycles. The van der Waals surface area contributed by atoms with Gasteiger partial charge in [-0.2, -0.15) is 0 Å². The lowest BCUT2D eigenvalue weighted by molar-refractivity contribution is 0.00578. The van der Waals surface area contributed by atoms with Gasteiger partial charge in [-0.1, -0.05) is 12.1 Å². The van der Waals surface area contributed by atoms with Gasteiger partial charge >= 0.3 is 13.2 Å². The number of nitrogens with zero attached hydrogens (tertiary/aromatic N) is 1. The molecule has 2 saturated heterocycles. The monoisotopic (exact) mass is 323 g/mol. The molecule has 0 aromatic rings. The molecule has 6 heteroatoms. The average Bonchev–Trinajstić information content (AvgIpc) is 2.87. The van der Waals surface area contributed by atoms with Gasteiger partial charge in [0.25, 0.3) is 0 Å². The fraction of sp³-hybridized carbons (Fsp3) is 0.824. The highest BCUT2D eigenvalue weighted by molar-refractivity contribution is 6.51. The number of likely N-dealkylation sites (tertiary alicyclic amines) is 1. The number of carbonyl (C=O) groups excluding carboxylic acids is 1. The molecule has 2 heterocycles. The Bertz CT molecular complexity index is 465. The van der Waals surface area contributed by atoms with Gasteiger partial charge in [0.15, 0.2) is 0 Å². The molecule has 0 unspecified atom stereocenters. The zero-order valence-corrected chi connectivity index (χ0v) is 15.5. The van der Waals surface area contributed by atoms with E-state index < -0.39 is 5.60 Å². The average molecular weight is 323 g/mol. The lowest BCUT2D eigenvalue weighted by atomic mass is 9.89. The molecule has 1 amide bonds. The lowest BCUT2D eigenvalue weighted by Gasteiger charge is -2.32. The molecule has 0 aliphatic carbocycles. The van der Waals surface area contributed by atoms with Gasteiger partial charge in [-0.05, 0) is 61.3 Å². The number of hydrogen-bond acceptors (Lipinski definition) is 4. The predicted molar refractivity (Wildman–Crippen MR) is 91.2 cm³/mol. The van der Waals surface area contributed by atoms with Crippen LogP contribution in [0.4, 0.5) is 4.79 Å². The van der Waals surface area contributed by atoms with Crippen molar-refractivity contribution in [2.24, 2.45) is 0 Å². The summed E-state index contributed by atoms with van der Waals surface area (Å²) < 4.78 is 17.4. The highest BCUT2D eigenvalue weighted by atomic mass is 16.7. The van der Waals surface area contributed by atoms with Gasteiger partial charge in [-0.25, -0.2) is 4.79 Å². The number of carbonyl (C=O) groups is 1. The van der Waals surface area contributed by atoms with Crippen LogP contribution in [0.3, 0.4) is 0 Å². The van der Waals surface area contributed by atoms with Gasteiger partial charge in [0, 0.05) is 6.54 Å². The lowest BCUT2D eigenvalue weighted by Crippen LogP contribution is -2.41. The van der Waals surface area contributed by atoms with Gasteiger partial charge in [0.1, 0.15) is 5.60 Å². The van der Waals surface area contributed by atoms with Gasteiger partial charge in [0.05, 0.1) is 17.2 Å². The Morgan fingerprint density at radius 3 is 2.30 bits per heavy atom. The van der Waals surface area contributed by atoms with E-state index in [2.05, 4.69) is 0 Å². The van der Waals surface area contributed by atoms with E-state index in [9.17, 15) is 4.79 Å². The van der Waals surface area contributed by atoms with E-state index in [1.54, 1.807) is 4.90 Å². The first kappa shape index (κ1) is 18.3. The van der Waals surface area contributed by atoms with E-state index in [4.69, 9.17) is 14.0 Å². The van der Waals surface area contributed by atoms with Crippen LogP contribution < -0.4 is 0 Å². The number of ether oxygens (including phenoxy) is 1. The molecular formula is C17H30BNO4. The van der Waals surface area contributed by atoms with Crippen LogP contribution in [0.1, 0.15) is 61.3 Å². The van der Waals surface area contributed by atoms with Crippen molar-refractivity contribution < 1.29 is 18.8 Å². The van der Waals surface area contributed by atoms with Crippen LogP contribution in [0.2, 0.25) is 0 Å². The molecular weight excluding hydrogens is 293 g/mol. The molecule has 5 nitrogen and oxygen atoms in total. The number of amides is 1. The minimum atomic E-state index is -0.473. The summed E-state index contributed by atoms with van der Waals surface area (Å²) in [4.78, 5) is 14.1. The summed E-state index contributed by atoms with van der Waals surface area (Å²) in [5, 5.41) is 0. The molecule has 130 valence electrons. The quantitative estimate of drug-likeness (QED) is 0.729. The smallest absolute Gasteiger partial charge is 0.444 e. The van der Waals surface area contributed by atoms with Crippen LogP contribution in [0.15, 0.2) is 12.1 Å². The Labute approximate surface area is 140 Å². The highest BCUT2D eigenvalue weighted by Gasteiger charge is 2.50. The zero-order valence-electron chi connectivity index (χ0n) is 15.5. The standard InChI is InChI=1S/C17H30BNO4/c1-15(2,3)21-14(20)19-12-8-9-13(19)10-11-18-22-16(4,5)17(6,7)23-18/h10-11,13H,8-9,12H2,1-7H3/t13-/m0/s1. The third-order valence-electron chi connectivity index (χ3n) is 4.69. The van der Waals surface area contributed by atoms with Crippen molar-refractivity contribution in [2.75, 3.05) is 6.54 Å². The topological polar surface area (TPSA) is 48.0 Å². The van der Waals surface area contributed by atoms with E-state index in [1.165, 1.54) is 0 Å². The normalized spacial score (nSPS) is 27.0. The van der Waals surface area contributed by atoms with Crippen molar-refractivity contribution >= 4 is 13.2 Å². The summed E-state index contributed by atoms with van der Waals surface area (Å²) >= 11 is 0. The van der Waals surface area contributed by atoms with E-state index >= 15 is 0 Å². The van der Waals surface area contributed by atoms with Crippen LogP contribution in [0.5, 0.6) is 0 Å². The van der Waals surface area contributed by atoms with Crippen LogP contribution in [-0.4, -0.2) is 47.5 Å². The van der Waals surface area contributed by atoms with Gasteiger partial charge in [-0.15, -0.1) is 0 Å². The Morgan fingerprint density at radius 2 is 1.78 bits per heavy atom. The van der Waals surface area contributed by atoms with Crippen molar-refractivity contribution in [3.63, 3.8) is 0 Å². The van der Waals surface area contributed by atoms with Crippen molar-refractivity contribution in [3.05, 3.63) is 12.1 Å². The Morgan fingerprint density at radius 1 is 1.22 bits per heavy atom. The molecule has 23 heavy (non-hydrogen) atoms. The van der Waals surface area contributed by atoms with Crippen LogP contribution in [0.25, 0.3) is 0 Å². The maximum atomic E-state index is 12.3. The molecule has 1 atom stereocenters. The molecule has 0 aromatic carbocycles. The summed E-state index contributed by atoms with van der Waals surface area (Å²) in [6, 6.07) is 0.0453. The van der Waals surface area contributed by atoms with E-state index in [-0.39, 0.29) is 30.5 Å². The first-order valence-electron chi connectivity index (χ1n) is 8.45. The summed E-state index contributed by atoms with van der Waals surface area (Å²) in [7, 11) is -0.374. The van der Waals surface area contributed by atoms with Crippen molar-refractivity contribution in [1.82, 2.24) is 4.90 Å². The van der Waals surface area contributed by atoms with Crippen molar-refractivity contribution in [1.29, 1.82) is 0 Å². The number of rotatable bonds is 2. The Balaban J connectivity index is 1.98. The second-order valence-corrected chi connectivity index (χ2v) is 8.39. The molecule has 0 spiro atoms. The maximum Gasteiger partial charge on any atom is 0.486 e. The first-order chi connectivity index (χ1) is 10.4. The second kappa shape index (κ2) is 6.13. The first-order valence-corrected chi connectivity index (χ1v) is 8.45. The molecule has 2 rings (SSSR count). The fourth-order valence-electron chi connectivity index (χ4n) is 2.73. The van der Waals surface area contributed by atoms with E-state index in [1.807, 2.05) is 60.5 Å². The van der Waals surface area contributed by atoms with Gasteiger partial charge in [-0.3, -0.25) is 0 Å². The molecule has 0 radical (unpaired) electrons. The predicted octanol–water partition coefficient (Wildman–Crippen LogP) is 3.57. The molecule has 2 aliphatic rings. The Hall–Kier alpha value is -1.01.